The minimum atomic E-state index is -5.30. The van der Waals surface area contributed by atoms with Crippen molar-refractivity contribution in [1.29, 1.82) is 0 Å². The van der Waals surface area contributed by atoms with Gasteiger partial charge in [-0.25, -0.2) is 9.78 Å². The van der Waals surface area contributed by atoms with E-state index in [-0.39, 0.29) is 6.07 Å². The molecule has 1 heterocycles. The van der Waals surface area contributed by atoms with E-state index in [0.717, 1.165) is 0 Å². The van der Waals surface area contributed by atoms with Gasteiger partial charge in [0.05, 0.1) is 5.56 Å². The highest BCUT2D eigenvalue weighted by atomic mass is 79.9. The van der Waals surface area contributed by atoms with Crippen LogP contribution in [0.25, 0.3) is 0 Å². The smallest absolute Gasteiger partial charge is 0.477 e. The van der Waals surface area contributed by atoms with Crippen LogP contribution in [0.2, 0.25) is 0 Å². The van der Waals surface area contributed by atoms with Crippen molar-refractivity contribution in [3.63, 3.8) is 0 Å². The van der Waals surface area contributed by atoms with Crippen molar-refractivity contribution >= 4 is 21.9 Å². The molecule has 0 radical (unpaired) electrons. The van der Waals surface area contributed by atoms with E-state index in [0.29, 0.717) is 0 Å². The van der Waals surface area contributed by atoms with Gasteiger partial charge >= 0.3 is 18.5 Å². The molecule has 1 aromatic heterocycles. The van der Waals surface area contributed by atoms with Gasteiger partial charge in [-0.05, 0) is 6.07 Å². The fourth-order valence-corrected chi connectivity index (χ4v) is 1.78. The molecule has 0 bridgehead atoms. The summed E-state index contributed by atoms with van der Waals surface area (Å²) in [6, 6.07) is 0.141. The molecule has 0 unspecified atom stereocenters. The van der Waals surface area contributed by atoms with Crippen molar-refractivity contribution in [2.45, 2.75) is 17.9 Å². The van der Waals surface area contributed by atoms with Gasteiger partial charge in [-0.2, -0.15) is 13.2 Å². The summed E-state index contributed by atoms with van der Waals surface area (Å²) >= 11 is 2.59. The molecule has 0 amide bonds. The lowest BCUT2D eigenvalue weighted by Crippen LogP contribution is -2.22. The van der Waals surface area contributed by atoms with Crippen molar-refractivity contribution in [3.05, 3.63) is 22.9 Å². The Morgan fingerprint density at radius 1 is 1.30 bits per heavy atom. The van der Waals surface area contributed by atoms with Gasteiger partial charge in [0.1, 0.15) is 0 Å². The fraction of sp³-hybridized carbons (Fsp3) is 0.333. The molecule has 0 aliphatic rings. The van der Waals surface area contributed by atoms with Gasteiger partial charge < -0.3 is 9.84 Å². The van der Waals surface area contributed by atoms with Crippen LogP contribution in [0.3, 0.4) is 0 Å². The standard InChI is InChI=1S/C9H4BrF6NO3/c10-2-3-4(8(11,12)13)1-5(7(18)19)17-6(3)20-9(14,15)16/h1H,2H2,(H,18,19). The fourth-order valence-electron chi connectivity index (χ4n) is 1.23. The Labute approximate surface area is 115 Å². The van der Waals surface area contributed by atoms with E-state index in [9.17, 15) is 31.1 Å². The lowest BCUT2D eigenvalue weighted by Gasteiger charge is -2.16. The summed E-state index contributed by atoms with van der Waals surface area (Å²) in [5, 5.41) is 7.93. The molecule has 1 rings (SSSR count). The number of nitrogens with zero attached hydrogens (tertiary/aromatic N) is 1. The summed E-state index contributed by atoms with van der Waals surface area (Å²) < 4.78 is 77.8. The second kappa shape index (κ2) is 5.46. The van der Waals surface area contributed by atoms with Crippen LogP contribution < -0.4 is 4.74 Å². The molecule has 0 fully saturated rings. The molecule has 1 N–H and O–H groups in total. The number of aromatic carboxylic acids is 1. The van der Waals surface area contributed by atoms with Crippen LogP contribution in [0.4, 0.5) is 26.3 Å². The Balaban J connectivity index is 3.55. The third kappa shape index (κ3) is 3.99. The van der Waals surface area contributed by atoms with Gasteiger partial charge in [0.2, 0.25) is 5.88 Å². The average Bonchev–Trinajstić information content (AvgIpc) is 2.24. The van der Waals surface area contributed by atoms with Gasteiger partial charge in [-0.1, -0.05) is 15.9 Å². The minimum Gasteiger partial charge on any atom is -0.477 e. The van der Waals surface area contributed by atoms with Crippen LogP contribution in [-0.2, 0) is 11.5 Å². The van der Waals surface area contributed by atoms with Gasteiger partial charge in [-0.3, -0.25) is 0 Å². The van der Waals surface area contributed by atoms with Crippen LogP contribution in [0, 0.1) is 0 Å². The number of carboxylic acid groups (broad SMARTS) is 1. The molecule has 112 valence electrons. The number of pyridine rings is 1. The van der Waals surface area contributed by atoms with Gasteiger partial charge in [0.25, 0.3) is 0 Å². The summed E-state index contributed by atoms with van der Waals surface area (Å²) in [7, 11) is 0. The maximum absolute atomic E-state index is 12.7. The van der Waals surface area contributed by atoms with Crippen LogP contribution in [0.5, 0.6) is 5.88 Å². The molecule has 0 spiro atoms. The van der Waals surface area contributed by atoms with Crippen molar-refractivity contribution in [3.8, 4) is 5.88 Å². The van der Waals surface area contributed by atoms with Gasteiger partial charge in [-0.15, -0.1) is 13.2 Å². The van der Waals surface area contributed by atoms with Crippen molar-refractivity contribution in [1.82, 2.24) is 4.98 Å². The second-order valence-corrected chi connectivity index (χ2v) is 3.88. The Kier molecular flexibility index (Phi) is 4.52. The Morgan fingerprint density at radius 2 is 1.85 bits per heavy atom. The average molecular weight is 368 g/mol. The topological polar surface area (TPSA) is 59.4 Å². The number of ether oxygens (including phenoxy) is 1. The molecule has 0 atom stereocenters. The van der Waals surface area contributed by atoms with Crippen LogP contribution in [0.1, 0.15) is 21.6 Å². The molecule has 20 heavy (non-hydrogen) atoms. The number of halogens is 7. The maximum Gasteiger partial charge on any atom is 0.574 e. The normalized spacial score (nSPS) is 12.3. The lowest BCUT2D eigenvalue weighted by atomic mass is 10.1. The zero-order valence-corrected chi connectivity index (χ0v) is 10.7. The molecule has 0 aliphatic carbocycles. The number of rotatable bonds is 3. The highest BCUT2D eigenvalue weighted by Crippen LogP contribution is 2.38. The molecular formula is C9H4BrF6NO3. The molecule has 0 aliphatic heterocycles. The number of hydrogen-bond donors (Lipinski definition) is 1. The summed E-state index contributed by atoms with van der Waals surface area (Å²) in [5.74, 6) is -3.37. The van der Waals surface area contributed by atoms with E-state index >= 15 is 0 Å². The first kappa shape index (κ1) is 16.5. The number of carboxylic acids is 1. The molecular weight excluding hydrogens is 364 g/mol. The van der Waals surface area contributed by atoms with Crippen LogP contribution in [0.15, 0.2) is 6.07 Å². The zero-order valence-electron chi connectivity index (χ0n) is 9.14. The Bertz CT molecular complexity index is 528. The van der Waals surface area contributed by atoms with E-state index in [1.165, 1.54) is 0 Å². The summed E-state index contributed by atoms with van der Waals surface area (Å²) in [5.41, 5.74) is -3.72. The van der Waals surface area contributed by atoms with Gasteiger partial charge in [0, 0.05) is 10.9 Å². The number of alkyl halides is 7. The first-order valence-electron chi connectivity index (χ1n) is 4.62. The third-order valence-corrected chi connectivity index (χ3v) is 2.52. The largest absolute Gasteiger partial charge is 0.574 e. The Hall–Kier alpha value is -1.52. The third-order valence-electron chi connectivity index (χ3n) is 1.96. The van der Waals surface area contributed by atoms with E-state index < -0.39 is 46.5 Å². The van der Waals surface area contributed by atoms with Crippen molar-refractivity contribution in [2.24, 2.45) is 0 Å². The van der Waals surface area contributed by atoms with Crippen molar-refractivity contribution < 1.29 is 41.0 Å². The quantitative estimate of drug-likeness (QED) is 0.655. The SMILES string of the molecule is O=C(O)c1cc(C(F)(F)F)c(CBr)c(OC(F)(F)F)n1. The lowest BCUT2D eigenvalue weighted by molar-refractivity contribution is -0.276. The highest BCUT2D eigenvalue weighted by Gasteiger charge is 2.39. The summed E-state index contributed by atoms with van der Waals surface area (Å²) in [4.78, 5) is 13.6. The number of hydrogen-bond acceptors (Lipinski definition) is 3. The second-order valence-electron chi connectivity index (χ2n) is 3.32. The van der Waals surface area contributed by atoms with E-state index in [1.54, 1.807) is 0 Å². The Morgan fingerprint density at radius 3 is 2.20 bits per heavy atom. The first-order chi connectivity index (χ1) is 8.95. The predicted octanol–water partition coefficient (Wildman–Crippen LogP) is 3.59. The molecule has 0 saturated carbocycles. The molecule has 11 heteroatoms. The van der Waals surface area contributed by atoms with Crippen molar-refractivity contribution in [2.75, 3.05) is 0 Å². The monoisotopic (exact) mass is 367 g/mol. The number of carbonyl (C=O) groups is 1. The first-order valence-corrected chi connectivity index (χ1v) is 5.74. The highest BCUT2D eigenvalue weighted by molar-refractivity contribution is 9.08. The molecule has 4 nitrogen and oxygen atoms in total. The van der Waals surface area contributed by atoms with Gasteiger partial charge in [0.15, 0.2) is 5.69 Å². The minimum absolute atomic E-state index is 0.141. The maximum atomic E-state index is 12.7. The summed E-state index contributed by atoms with van der Waals surface area (Å²) in [6.45, 7) is 0. The van der Waals surface area contributed by atoms with E-state index in [1.807, 2.05) is 0 Å². The van der Waals surface area contributed by atoms with E-state index in [2.05, 4.69) is 25.7 Å². The van der Waals surface area contributed by atoms with Crippen LogP contribution >= 0.6 is 15.9 Å². The predicted molar refractivity (Wildman–Crippen MR) is 55.5 cm³/mol. The molecule has 0 aromatic carbocycles. The molecule has 0 saturated heterocycles. The number of aromatic nitrogens is 1. The summed E-state index contributed by atoms with van der Waals surface area (Å²) in [6.07, 6.45) is -10.4. The molecule has 1 aromatic rings. The van der Waals surface area contributed by atoms with E-state index in [4.69, 9.17) is 5.11 Å². The zero-order chi connectivity index (χ0) is 15.7. The van der Waals surface area contributed by atoms with Crippen LogP contribution in [-0.4, -0.2) is 22.4 Å².